The molecule has 0 bridgehead atoms. The van der Waals surface area contributed by atoms with Crippen LogP contribution < -0.4 is 5.32 Å². The van der Waals surface area contributed by atoms with Gasteiger partial charge in [-0.1, -0.05) is 24.3 Å². The second-order valence-electron chi connectivity index (χ2n) is 6.91. The minimum atomic E-state index is -0.581. The molecule has 1 heterocycles. The molecule has 1 aliphatic heterocycles. The first kappa shape index (κ1) is 17.2. The zero-order valence-electron chi connectivity index (χ0n) is 14.8. The number of guanidine groups is 1. The lowest BCUT2D eigenvalue weighted by molar-refractivity contribution is -0.0249. The molecule has 1 aliphatic carbocycles. The molecule has 2 fully saturated rings. The molecule has 0 spiro atoms. The van der Waals surface area contributed by atoms with E-state index in [1.165, 1.54) is 11.1 Å². The Balaban J connectivity index is 1.71. The van der Waals surface area contributed by atoms with Crippen molar-refractivity contribution in [1.82, 2.24) is 10.2 Å². The van der Waals surface area contributed by atoms with Crippen molar-refractivity contribution in [2.75, 3.05) is 32.8 Å². The monoisotopic (exact) mass is 331 g/mol. The van der Waals surface area contributed by atoms with Gasteiger partial charge < -0.3 is 20.1 Å². The van der Waals surface area contributed by atoms with Crippen LogP contribution in [0.2, 0.25) is 0 Å². The average molecular weight is 331 g/mol. The second kappa shape index (κ2) is 7.53. The molecular formula is C19H29N3O2. The quantitative estimate of drug-likeness (QED) is 0.656. The number of aliphatic hydroxyl groups is 1. The van der Waals surface area contributed by atoms with Gasteiger partial charge in [0.1, 0.15) is 6.10 Å². The van der Waals surface area contributed by atoms with E-state index in [1.807, 2.05) is 0 Å². The van der Waals surface area contributed by atoms with Crippen molar-refractivity contribution in [1.29, 1.82) is 0 Å². The standard InChI is InChI=1S/C19H29N3O2/c1-3-20-18(21-14-19(23)9-6-10-19)22-11-12-24-17(13-22)16-8-5-4-7-15(16)2/h4-5,7-8,17,23H,3,6,9-14H2,1-2H3,(H,20,21). The fourth-order valence-corrected chi connectivity index (χ4v) is 3.37. The Morgan fingerprint density at radius 2 is 2.21 bits per heavy atom. The number of hydrogen-bond acceptors (Lipinski definition) is 3. The summed E-state index contributed by atoms with van der Waals surface area (Å²) in [4.78, 5) is 6.96. The van der Waals surface area contributed by atoms with Crippen LogP contribution in [0.15, 0.2) is 29.3 Å². The summed E-state index contributed by atoms with van der Waals surface area (Å²) in [6.45, 7) is 7.82. The molecule has 1 aromatic carbocycles. The summed E-state index contributed by atoms with van der Waals surface area (Å²) < 4.78 is 6.01. The predicted molar refractivity (Wildman–Crippen MR) is 96.2 cm³/mol. The van der Waals surface area contributed by atoms with E-state index in [4.69, 9.17) is 9.73 Å². The molecule has 0 radical (unpaired) electrons. The van der Waals surface area contributed by atoms with Gasteiger partial charge in [0.2, 0.25) is 0 Å². The molecule has 1 atom stereocenters. The van der Waals surface area contributed by atoms with Crippen molar-refractivity contribution < 1.29 is 9.84 Å². The third kappa shape index (κ3) is 3.90. The van der Waals surface area contributed by atoms with Crippen LogP contribution in [-0.4, -0.2) is 54.4 Å². The van der Waals surface area contributed by atoms with Crippen LogP contribution in [0, 0.1) is 6.92 Å². The number of rotatable bonds is 4. The maximum absolute atomic E-state index is 10.3. The van der Waals surface area contributed by atoms with Gasteiger partial charge in [0.15, 0.2) is 5.96 Å². The van der Waals surface area contributed by atoms with E-state index in [0.29, 0.717) is 13.2 Å². The molecule has 0 aromatic heterocycles. The molecule has 1 saturated carbocycles. The van der Waals surface area contributed by atoms with Crippen LogP contribution in [0.5, 0.6) is 0 Å². The maximum Gasteiger partial charge on any atom is 0.194 e. The van der Waals surface area contributed by atoms with Gasteiger partial charge in [0.25, 0.3) is 0 Å². The van der Waals surface area contributed by atoms with E-state index in [9.17, 15) is 5.11 Å². The highest BCUT2D eigenvalue weighted by atomic mass is 16.5. The van der Waals surface area contributed by atoms with E-state index >= 15 is 0 Å². The topological polar surface area (TPSA) is 57.1 Å². The van der Waals surface area contributed by atoms with E-state index in [0.717, 1.165) is 44.9 Å². The highest BCUT2D eigenvalue weighted by Crippen LogP contribution is 2.32. The Morgan fingerprint density at radius 3 is 2.88 bits per heavy atom. The Bertz CT molecular complexity index is 584. The van der Waals surface area contributed by atoms with Crippen molar-refractivity contribution in [3.63, 3.8) is 0 Å². The Morgan fingerprint density at radius 1 is 1.42 bits per heavy atom. The van der Waals surface area contributed by atoms with Crippen molar-refractivity contribution >= 4 is 5.96 Å². The van der Waals surface area contributed by atoms with Crippen LogP contribution >= 0.6 is 0 Å². The first-order valence-corrected chi connectivity index (χ1v) is 9.04. The van der Waals surface area contributed by atoms with Gasteiger partial charge in [-0.25, -0.2) is 0 Å². The summed E-state index contributed by atoms with van der Waals surface area (Å²) in [7, 11) is 0. The van der Waals surface area contributed by atoms with Gasteiger partial charge in [-0.3, -0.25) is 4.99 Å². The molecule has 3 rings (SSSR count). The zero-order chi connectivity index (χ0) is 17.0. The van der Waals surface area contributed by atoms with Gasteiger partial charge in [-0.2, -0.15) is 0 Å². The smallest absolute Gasteiger partial charge is 0.194 e. The fraction of sp³-hybridized carbons (Fsp3) is 0.632. The number of aliphatic imine (C=N–C) groups is 1. The lowest BCUT2D eigenvalue weighted by Crippen LogP contribution is -2.49. The molecule has 1 aromatic rings. The Labute approximate surface area is 144 Å². The van der Waals surface area contributed by atoms with Crippen molar-refractivity contribution in [2.24, 2.45) is 4.99 Å². The SMILES string of the molecule is CCNC(=NCC1(O)CCC1)N1CCOC(c2ccccc2C)C1. The Kier molecular flexibility index (Phi) is 5.41. The summed E-state index contributed by atoms with van der Waals surface area (Å²) in [5, 5.41) is 13.7. The van der Waals surface area contributed by atoms with Gasteiger partial charge in [-0.05, 0) is 44.2 Å². The molecule has 5 nitrogen and oxygen atoms in total. The van der Waals surface area contributed by atoms with Gasteiger partial charge in [0, 0.05) is 13.1 Å². The maximum atomic E-state index is 10.3. The third-order valence-electron chi connectivity index (χ3n) is 5.04. The van der Waals surface area contributed by atoms with E-state index in [-0.39, 0.29) is 6.10 Å². The number of morpholine rings is 1. The largest absolute Gasteiger partial charge is 0.388 e. The number of nitrogens with one attached hydrogen (secondary N) is 1. The summed E-state index contributed by atoms with van der Waals surface area (Å²) in [6.07, 6.45) is 2.90. The van der Waals surface area contributed by atoms with Crippen LogP contribution in [0.3, 0.4) is 0 Å². The van der Waals surface area contributed by atoms with Crippen molar-refractivity contribution in [3.05, 3.63) is 35.4 Å². The first-order valence-electron chi connectivity index (χ1n) is 9.04. The Hall–Kier alpha value is -1.59. The molecule has 0 amide bonds. The molecule has 1 saturated heterocycles. The van der Waals surface area contributed by atoms with Crippen molar-refractivity contribution in [3.8, 4) is 0 Å². The lowest BCUT2D eigenvalue weighted by atomic mass is 9.80. The normalized spacial score (nSPS) is 23.7. The summed E-state index contributed by atoms with van der Waals surface area (Å²) >= 11 is 0. The van der Waals surface area contributed by atoms with E-state index in [2.05, 4.69) is 48.3 Å². The minimum absolute atomic E-state index is 0.0654. The van der Waals surface area contributed by atoms with Crippen LogP contribution in [0.4, 0.5) is 0 Å². The van der Waals surface area contributed by atoms with E-state index < -0.39 is 5.60 Å². The summed E-state index contributed by atoms with van der Waals surface area (Å²) in [5.74, 6) is 0.889. The minimum Gasteiger partial charge on any atom is -0.388 e. The van der Waals surface area contributed by atoms with Crippen molar-refractivity contribution in [2.45, 2.75) is 44.8 Å². The molecule has 1 unspecified atom stereocenters. The molecule has 2 aliphatic rings. The molecule has 132 valence electrons. The lowest BCUT2D eigenvalue weighted by Gasteiger charge is -2.38. The van der Waals surface area contributed by atoms with Crippen LogP contribution in [0.1, 0.15) is 43.4 Å². The summed E-state index contributed by atoms with van der Waals surface area (Å²) in [5.41, 5.74) is 1.92. The average Bonchev–Trinajstić information content (AvgIpc) is 2.57. The molecule has 24 heavy (non-hydrogen) atoms. The molecular weight excluding hydrogens is 302 g/mol. The molecule has 5 heteroatoms. The van der Waals surface area contributed by atoms with Gasteiger partial charge in [0.05, 0.1) is 25.3 Å². The van der Waals surface area contributed by atoms with Crippen LogP contribution in [-0.2, 0) is 4.74 Å². The number of hydrogen-bond donors (Lipinski definition) is 2. The fourth-order valence-electron chi connectivity index (χ4n) is 3.37. The number of benzene rings is 1. The number of nitrogens with zero attached hydrogens (tertiary/aromatic N) is 2. The van der Waals surface area contributed by atoms with Gasteiger partial charge in [-0.15, -0.1) is 0 Å². The number of aryl methyl sites for hydroxylation is 1. The number of ether oxygens (including phenoxy) is 1. The molecule has 2 N–H and O–H groups in total. The second-order valence-corrected chi connectivity index (χ2v) is 6.91. The highest BCUT2D eigenvalue weighted by Gasteiger charge is 2.34. The van der Waals surface area contributed by atoms with Gasteiger partial charge >= 0.3 is 0 Å². The summed E-state index contributed by atoms with van der Waals surface area (Å²) in [6, 6.07) is 8.40. The third-order valence-corrected chi connectivity index (χ3v) is 5.04. The highest BCUT2D eigenvalue weighted by molar-refractivity contribution is 5.80. The first-order chi connectivity index (χ1) is 11.6. The van der Waals surface area contributed by atoms with Crippen LogP contribution in [0.25, 0.3) is 0 Å². The predicted octanol–water partition coefficient (Wildman–Crippen LogP) is 2.25. The zero-order valence-corrected chi connectivity index (χ0v) is 14.8. The van der Waals surface area contributed by atoms with E-state index in [1.54, 1.807) is 0 Å².